The Morgan fingerprint density at radius 3 is 2.47 bits per heavy atom. The monoisotopic (exact) mass is 326 g/mol. The lowest BCUT2D eigenvalue weighted by Crippen LogP contribution is -2.62. The van der Waals surface area contributed by atoms with Gasteiger partial charge < -0.3 is 14.8 Å². The molecule has 2 aliphatic rings. The van der Waals surface area contributed by atoms with Crippen LogP contribution in [-0.2, 0) is 7.05 Å². The second-order valence-corrected chi connectivity index (χ2v) is 6.21. The Morgan fingerprint density at radius 2 is 2.00 bits per heavy atom. The first-order valence-electron chi connectivity index (χ1n) is 6.71. The summed E-state index contributed by atoms with van der Waals surface area (Å²) in [7, 11) is 1.91. The van der Waals surface area contributed by atoms with Crippen molar-refractivity contribution < 1.29 is 4.79 Å². The highest BCUT2D eigenvalue weighted by Crippen LogP contribution is 2.17. The van der Waals surface area contributed by atoms with Crippen molar-refractivity contribution in [3.8, 4) is 0 Å². The van der Waals surface area contributed by atoms with E-state index in [2.05, 4.69) is 26.1 Å². The number of piperazine rings is 1. The summed E-state index contributed by atoms with van der Waals surface area (Å²) in [6.45, 7) is 5.83. The second-order valence-electron chi connectivity index (χ2n) is 5.29. The first-order chi connectivity index (χ1) is 9.15. The molecule has 2 saturated heterocycles. The van der Waals surface area contributed by atoms with Gasteiger partial charge in [0.2, 0.25) is 0 Å². The third-order valence-corrected chi connectivity index (χ3v) is 4.50. The van der Waals surface area contributed by atoms with E-state index in [1.807, 2.05) is 28.8 Å². The quantitative estimate of drug-likeness (QED) is 0.861. The number of hydrogen-bond acceptors (Lipinski definition) is 3. The minimum atomic E-state index is 0.139. The van der Waals surface area contributed by atoms with E-state index in [-0.39, 0.29) is 5.91 Å². The lowest BCUT2D eigenvalue weighted by atomic mass is 10.1. The molecule has 2 fully saturated rings. The van der Waals surface area contributed by atoms with Gasteiger partial charge in [0.1, 0.15) is 5.69 Å². The first kappa shape index (κ1) is 13.1. The lowest BCUT2D eigenvalue weighted by molar-refractivity contribution is 0.0494. The van der Waals surface area contributed by atoms with Crippen molar-refractivity contribution in [2.24, 2.45) is 7.05 Å². The zero-order chi connectivity index (χ0) is 13.4. The first-order valence-corrected chi connectivity index (χ1v) is 7.50. The number of rotatable bonds is 2. The lowest BCUT2D eigenvalue weighted by Gasteiger charge is -2.43. The highest BCUT2D eigenvalue weighted by atomic mass is 79.9. The van der Waals surface area contributed by atoms with E-state index in [1.54, 1.807) is 0 Å². The molecule has 0 radical (unpaired) electrons. The molecule has 3 heterocycles. The Hall–Kier alpha value is -0.850. The molecular weight excluding hydrogens is 308 g/mol. The number of carbonyl (C=O) groups excluding carboxylic acids is 1. The topological polar surface area (TPSA) is 40.5 Å². The van der Waals surface area contributed by atoms with Crippen molar-refractivity contribution >= 4 is 21.8 Å². The van der Waals surface area contributed by atoms with E-state index >= 15 is 0 Å². The van der Waals surface area contributed by atoms with Crippen LogP contribution in [0.3, 0.4) is 0 Å². The van der Waals surface area contributed by atoms with Crippen molar-refractivity contribution in [1.82, 2.24) is 19.7 Å². The van der Waals surface area contributed by atoms with Crippen molar-refractivity contribution in [2.45, 2.75) is 6.04 Å². The van der Waals surface area contributed by atoms with E-state index < -0.39 is 0 Å². The average Bonchev–Trinajstić information content (AvgIpc) is 2.66. The fraction of sp³-hybridized carbons (Fsp3) is 0.615. The average molecular weight is 327 g/mol. The van der Waals surface area contributed by atoms with E-state index in [0.29, 0.717) is 6.04 Å². The van der Waals surface area contributed by atoms with Crippen LogP contribution in [0.5, 0.6) is 0 Å². The molecule has 0 atom stereocenters. The van der Waals surface area contributed by atoms with Crippen molar-refractivity contribution in [2.75, 3.05) is 39.3 Å². The van der Waals surface area contributed by atoms with Crippen LogP contribution in [0.15, 0.2) is 16.7 Å². The normalized spacial score (nSPS) is 21.5. The number of aromatic nitrogens is 1. The Balaban J connectivity index is 1.61. The smallest absolute Gasteiger partial charge is 0.270 e. The van der Waals surface area contributed by atoms with Crippen LogP contribution in [0.2, 0.25) is 0 Å². The van der Waals surface area contributed by atoms with Gasteiger partial charge in [-0.25, -0.2) is 0 Å². The van der Waals surface area contributed by atoms with Gasteiger partial charge in [-0.1, -0.05) is 0 Å². The van der Waals surface area contributed by atoms with Crippen molar-refractivity contribution in [3.63, 3.8) is 0 Å². The minimum absolute atomic E-state index is 0.139. The van der Waals surface area contributed by atoms with Crippen LogP contribution in [0.4, 0.5) is 0 Å². The van der Waals surface area contributed by atoms with Gasteiger partial charge in [-0.3, -0.25) is 9.69 Å². The number of carbonyl (C=O) groups is 1. The van der Waals surface area contributed by atoms with E-state index in [4.69, 9.17) is 0 Å². The highest BCUT2D eigenvalue weighted by molar-refractivity contribution is 9.10. The zero-order valence-electron chi connectivity index (χ0n) is 11.1. The molecule has 2 aliphatic heterocycles. The summed E-state index contributed by atoms with van der Waals surface area (Å²) in [6, 6.07) is 2.58. The summed E-state index contributed by atoms with van der Waals surface area (Å²) in [5.41, 5.74) is 0.755. The number of nitrogens with zero attached hydrogens (tertiary/aromatic N) is 3. The highest BCUT2D eigenvalue weighted by Gasteiger charge is 2.30. The van der Waals surface area contributed by atoms with Crippen LogP contribution >= 0.6 is 15.9 Å². The molecule has 0 saturated carbocycles. The number of amides is 1. The SMILES string of the molecule is Cn1cc(Br)cc1C(=O)N1CCN(C2CNC2)CC1. The summed E-state index contributed by atoms with van der Waals surface area (Å²) in [5, 5.41) is 3.30. The Labute approximate surface area is 121 Å². The largest absolute Gasteiger partial charge is 0.345 e. The Kier molecular flexibility index (Phi) is 3.64. The maximum absolute atomic E-state index is 12.4. The molecule has 1 aromatic heterocycles. The molecule has 1 N–H and O–H groups in total. The minimum Gasteiger partial charge on any atom is -0.345 e. The zero-order valence-corrected chi connectivity index (χ0v) is 12.7. The van der Waals surface area contributed by atoms with Gasteiger partial charge >= 0.3 is 0 Å². The molecule has 6 heteroatoms. The third kappa shape index (κ3) is 2.57. The standard InChI is InChI=1S/C13H19BrN4O/c1-16-9-10(14)6-12(16)13(19)18-4-2-17(3-5-18)11-7-15-8-11/h6,9,11,15H,2-5,7-8H2,1H3. The van der Waals surface area contributed by atoms with Gasteiger partial charge in [0, 0.05) is 63.0 Å². The summed E-state index contributed by atoms with van der Waals surface area (Å²) in [4.78, 5) is 16.9. The van der Waals surface area contributed by atoms with Crippen LogP contribution in [-0.4, -0.2) is 65.6 Å². The van der Waals surface area contributed by atoms with E-state index in [0.717, 1.165) is 49.4 Å². The van der Waals surface area contributed by atoms with E-state index in [1.165, 1.54) is 0 Å². The molecule has 5 nitrogen and oxygen atoms in total. The summed E-state index contributed by atoms with van der Waals surface area (Å²) < 4.78 is 2.84. The number of hydrogen-bond donors (Lipinski definition) is 1. The molecule has 0 aromatic carbocycles. The molecule has 0 spiro atoms. The van der Waals surface area contributed by atoms with Gasteiger partial charge in [-0.2, -0.15) is 0 Å². The molecule has 0 unspecified atom stereocenters. The van der Waals surface area contributed by atoms with Gasteiger partial charge in [-0.05, 0) is 22.0 Å². The summed E-state index contributed by atoms with van der Waals surface area (Å²) >= 11 is 3.41. The van der Waals surface area contributed by atoms with Gasteiger partial charge in [0.25, 0.3) is 5.91 Å². The molecular formula is C13H19BrN4O. The molecule has 0 aliphatic carbocycles. The molecule has 19 heavy (non-hydrogen) atoms. The Morgan fingerprint density at radius 1 is 1.32 bits per heavy atom. The fourth-order valence-electron chi connectivity index (χ4n) is 2.72. The van der Waals surface area contributed by atoms with Gasteiger partial charge in [-0.15, -0.1) is 0 Å². The summed E-state index contributed by atoms with van der Waals surface area (Å²) in [6.07, 6.45) is 1.92. The molecule has 104 valence electrons. The van der Waals surface area contributed by atoms with Crippen molar-refractivity contribution in [3.05, 3.63) is 22.4 Å². The molecule has 3 rings (SSSR count). The maximum atomic E-state index is 12.4. The Bertz CT molecular complexity index is 475. The predicted molar refractivity (Wildman–Crippen MR) is 77.2 cm³/mol. The summed E-state index contributed by atoms with van der Waals surface area (Å²) in [5.74, 6) is 0.139. The number of halogens is 1. The van der Waals surface area contributed by atoms with E-state index in [9.17, 15) is 4.79 Å². The predicted octanol–water partition coefficient (Wildman–Crippen LogP) is 0.517. The van der Waals surface area contributed by atoms with Gasteiger partial charge in [0.15, 0.2) is 0 Å². The molecule has 1 aromatic rings. The van der Waals surface area contributed by atoms with Crippen LogP contribution < -0.4 is 5.32 Å². The third-order valence-electron chi connectivity index (χ3n) is 4.07. The fourth-order valence-corrected chi connectivity index (χ4v) is 3.24. The van der Waals surface area contributed by atoms with Gasteiger partial charge in [0.05, 0.1) is 0 Å². The van der Waals surface area contributed by atoms with Crippen molar-refractivity contribution in [1.29, 1.82) is 0 Å². The van der Waals surface area contributed by atoms with Crippen LogP contribution in [0.25, 0.3) is 0 Å². The van der Waals surface area contributed by atoms with Crippen LogP contribution in [0.1, 0.15) is 10.5 Å². The molecule has 1 amide bonds. The second kappa shape index (κ2) is 5.26. The number of aryl methyl sites for hydroxylation is 1. The maximum Gasteiger partial charge on any atom is 0.270 e. The molecule has 0 bridgehead atoms. The van der Waals surface area contributed by atoms with Crippen LogP contribution in [0, 0.1) is 0 Å². The number of nitrogens with one attached hydrogen (secondary N) is 1.